The molecule has 1 aliphatic carbocycles. The van der Waals surface area contributed by atoms with Crippen molar-refractivity contribution in [3.63, 3.8) is 0 Å². The molecule has 14 nitrogen and oxygen atoms in total. The molecule has 0 spiro atoms. The Morgan fingerprint density at radius 2 is 2.12 bits per heavy atom. The number of anilines is 2. The second-order valence-electron chi connectivity index (χ2n) is 9.75. The molecule has 1 aromatic carbocycles. The molecule has 3 heterocycles. The van der Waals surface area contributed by atoms with Gasteiger partial charge in [0.2, 0.25) is 5.95 Å². The maximum absolute atomic E-state index is 13.8. The maximum Gasteiger partial charge on any atom is 0.459 e. The standard InChI is InChI=1S/C25H31ClN7O7P/c1-4-25(26)19(34)17(12-38-41(36,32-14(2)22(35)37-3)40-16-8-6-5-7-9-16)39-23(25)33-13-28-18-20(29-15-10-11-15)30-24(27)31-21(18)33/h4-9,13-15,17,19,23,34H,1,10-12H2,2-3H3,(H,32,36)(H3,27,29,30,31)/t14-,17-,19-,23-,25-,41+/m1/s1. The fourth-order valence-electron chi connectivity index (χ4n) is 4.38. The summed E-state index contributed by atoms with van der Waals surface area (Å²) in [6.07, 6.45) is 1.28. The molecule has 2 aliphatic rings. The third-order valence-electron chi connectivity index (χ3n) is 6.69. The summed E-state index contributed by atoms with van der Waals surface area (Å²) in [5, 5.41) is 17.1. The monoisotopic (exact) mass is 607 g/mol. The Bertz CT molecular complexity index is 1470. The first-order chi connectivity index (χ1) is 19.6. The number of carbonyl (C=O) groups is 1. The Morgan fingerprint density at radius 3 is 2.78 bits per heavy atom. The molecule has 220 valence electrons. The summed E-state index contributed by atoms with van der Waals surface area (Å²) in [6, 6.07) is 7.50. The first-order valence-corrected chi connectivity index (χ1v) is 14.8. The first-order valence-electron chi connectivity index (χ1n) is 12.8. The lowest BCUT2D eigenvalue weighted by molar-refractivity contribution is -0.142. The second kappa shape index (κ2) is 11.6. The molecular formula is C25H31ClN7O7P. The highest BCUT2D eigenvalue weighted by Crippen LogP contribution is 2.49. The lowest BCUT2D eigenvalue weighted by Gasteiger charge is -2.27. The number of nitrogen functional groups attached to an aromatic ring is 1. The van der Waals surface area contributed by atoms with E-state index in [1.54, 1.807) is 30.3 Å². The molecule has 1 aliphatic heterocycles. The van der Waals surface area contributed by atoms with Gasteiger partial charge >= 0.3 is 13.7 Å². The van der Waals surface area contributed by atoms with Gasteiger partial charge in [-0.25, -0.2) is 9.55 Å². The van der Waals surface area contributed by atoms with Crippen molar-refractivity contribution >= 4 is 48.2 Å². The third-order valence-corrected chi connectivity index (χ3v) is 8.90. The fraction of sp³-hybridized carbons (Fsp3) is 0.440. The van der Waals surface area contributed by atoms with Crippen LogP contribution in [0.3, 0.4) is 0 Å². The number of rotatable bonds is 12. The molecule has 0 bridgehead atoms. The summed E-state index contributed by atoms with van der Waals surface area (Å²) in [4.78, 5) is 23.5. The number of esters is 1. The molecule has 16 heteroatoms. The number of nitrogens with two attached hydrogens (primary N) is 1. The number of alkyl halides is 1. The zero-order chi connectivity index (χ0) is 29.4. The first kappa shape index (κ1) is 29.2. The van der Waals surface area contributed by atoms with Gasteiger partial charge in [0.05, 0.1) is 20.0 Å². The van der Waals surface area contributed by atoms with Gasteiger partial charge in [-0.1, -0.05) is 24.3 Å². The van der Waals surface area contributed by atoms with Crippen LogP contribution in [0, 0.1) is 0 Å². The Balaban J connectivity index is 1.40. The summed E-state index contributed by atoms with van der Waals surface area (Å²) >= 11 is 6.89. The van der Waals surface area contributed by atoms with Crippen molar-refractivity contribution < 1.29 is 33.0 Å². The fourth-order valence-corrected chi connectivity index (χ4v) is 6.18. The maximum atomic E-state index is 13.8. The van der Waals surface area contributed by atoms with Gasteiger partial charge in [0.1, 0.15) is 28.9 Å². The van der Waals surface area contributed by atoms with Crippen LogP contribution in [0.25, 0.3) is 11.2 Å². The highest BCUT2D eigenvalue weighted by molar-refractivity contribution is 7.52. The molecule has 6 atom stereocenters. The number of para-hydroxylation sites is 1. The minimum absolute atomic E-state index is 0.0180. The Hall–Kier alpha value is -3.26. The van der Waals surface area contributed by atoms with Crippen molar-refractivity contribution in [2.24, 2.45) is 0 Å². The lowest BCUT2D eigenvalue weighted by Crippen LogP contribution is -2.41. The number of nitrogens with one attached hydrogen (secondary N) is 2. The Kier molecular flexibility index (Phi) is 8.24. The Morgan fingerprint density at radius 1 is 1.39 bits per heavy atom. The molecule has 1 saturated carbocycles. The topological polar surface area (TPSA) is 185 Å². The molecule has 1 saturated heterocycles. The van der Waals surface area contributed by atoms with Crippen LogP contribution in [0.15, 0.2) is 49.3 Å². The number of aliphatic hydroxyl groups is 1. The number of aromatic nitrogens is 4. The summed E-state index contributed by atoms with van der Waals surface area (Å²) < 4.78 is 37.5. The third kappa shape index (κ3) is 6.03. The molecular weight excluding hydrogens is 577 g/mol. The van der Waals surface area contributed by atoms with E-state index < -0.39 is 49.7 Å². The van der Waals surface area contributed by atoms with E-state index in [2.05, 4.69) is 31.9 Å². The van der Waals surface area contributed by atoms with Crippen molar-refractivity contribution in [1.82, 2.24) is 24.6 Å². The number of ether oxygens (including phenoxy) is 2. The van der Waals surface area contributed by atoms with Crippen molar-refractivity contribution in [3.05, 3.63) is 49.3 Å². The summed E-state index contributed by atoms with van der Waals surface area (Å²) in [7, 11) is -3.01. The zero-order valence-electron chi connectivity index (χ0n) is 22.3. The molecule has 0 unspecified atom stereocenters. The summed E-state index contributed by atoms with van der Waals surface area (Å²) in [6.45, 7) is 4.80. The van der Waals surface area contributed by atoms with Crippen LogP contribution in [0.5, 0.6) is 5.75 Å². The number of fused-ring (bicyclic) bond motifs is 1. The van der Waals surface area contributed by atoms with E-state index in [4.69, 9.17) is 35.9 Å². The van der Waals surface area contributed by atoms with Gasteiger partial charge < -0.3 is 30.2 Å². The van der Waals surface area contributed by atoms with Crippen LogP contribution in [0.2, 0.25) is 0 Å². The van der Waals surface area contributed by atoms with Gasteiger partial charge in [-0.15, -0.1) is 18.2 Å². The van der Waals surface area contributed by atoms with E-state index in [1.807, 2.05) is 0 Å². The molecule has 2 aromatic heterocycles. The van der Waals surface area contributed by atoms with Crippen LogP contribution < -0.4 is 20.7 Å². The van der Waals surface area contributed by atoms with E-state index in [0.29, 0.717) is 17.0 Å². The number of methoxy groups -OCH3 is 1. The number of halogens is 1. The van der Waals surface area contributed by atoms with Crippen LogP contribution in [-0.4, -0.2) is 73.5 Å². The van der Waals surface area contributed by atoms with Crippen molar-refractivity contribution in [2.45, 2.75) is 55.2 Å². The normalized spacial score (nSPS) is 26.3. The molecule has 0 radical (unpaired) electrons. The van der Waals surface area contributed by atoms with Crippen molar-refractivity contribution in [2.75, 3.05) is 24.8 Å². The van der Waals surface area contributed by atoms with E-state index >= 15 is 0 Å². The Labute approximate surface area is 240 Å². The van der Waals surface area contributed by atoms with Gasteiger partial charge in [-0.05, 0) is 31.9 Å². The summed E-state index contributed by atoms with van der Waals surface area (Å²) in [5.41, 5.74) is 6.76. The molecule has 3 aromatic rings. The highest BCUT2D eigenvalue weighted by atomic mass is 35.5. The molecule has 41 heavy (non-hydrogen) atoms. The number of hydrogen-bond acceptors (Lipinski definition) is 12. The number of carbonyl (C=O) groups excluding carboxylic acids is 1. The smallest absolute Gasteiger partial charge is 0.459 e. The zero-order valence-corrected chi connectivity index (χ0v) is 24.0. The van der Waals surface area contributed by atoms with Gasteiger partial charge in [0.25, 0.3) is 0 Å². The van der Waals surface area contributed by atoms with E-state index in [0.717, 1.165) is 12.8 Å². The number of aliphatic hydroxyl groups excluding tert-OH is 1. The van der Waals surface area contributed by atoms with E-state index in [9.17, 15) is 14.5 Å². The van der Waals surface area contributed by atoms with Crippen molar-refractivity contribution in [3.8, 4) is 5.75 Å². The van der Waals surface area contributed by atoms with E-state index in [-0.39, 0.29) is 17.7 Å². The number of benzene rings is 1. The predicted octanol–water partition coefficient (Wildman–Crippen LogP) is 2.76. The highest BCUT2D eigenvalue weighted by Gasteiger charge is 2.55. The second-order valence-corrected chi connectivity index (χ2v) is 12.1. The van der Waals surface area contributed by atoms with E-state index in [1.165, 1.54) is 31.0 Å². The summed E-state index contributed by atoms with van der Waals surface area (Å²) in [5.74, 6) is 0.0415. The van der Waals surface area contributed by atoms with Gasteiger partial charge in [0, 0.05) is 6.04 Å². The van der Waals surface area contributed by atoms with Gasteiger partial charge in [0.15, 0.2) is 23.2 Å². The van der Waals surface area contributed by atoms with Crippen molar-refractivity contribution in [1.29, 1.82) is 0 Å². The van der Waals surface area contributed by atoms with Gasteiger partial charge in [-0.2, -0.15) is 15.1 Å². The minimum atomic E-state index is -4.21. The lowest BCUT2D eigenvalue weighted by atomic mass is 9.99. The minimum Gasteiger partial charge on any atom is -0.468 e. The van der Waals surface area contributed by atoms with Crippen LogP contribution >= 0.6 is 19.3 Å². The average molecular weight is 608 g/mol. The molecule has 5 rings (SSSR count). The largest absolute Gasteiger partial charge is 0.468 e. The SMILES string of the molecule is C=C[C@@]1(Cl)[C@H](O)[C@@H](CO[P@@](=O)(N[C@H](C)C(=O)OC)Oc2ccccc2)O[C@H]1n1cnc2c(NC3CC3)nc(N)nc21. The number of imidazole rings is 1. The predicted molar refractivity (Wildman–Crippen MR) is 150 cm³/mol. The molecule has 0 amide bonds. The van der Waals surface area contributed by atoms with Gasteiger partial charge in [-0.3, -0.25) is 13.9 Å². The number of nitrogens with zero attached hydrogens (tertiary/aromatic N) is 4. The van der Waals surface area contributed by atoms with Crippen LogP contribution in [0.4, 0.5) is 11.8 Å². The average Bonchev–Trinajstić information content (AvgIpc) is 3.62. The van der Waals surface area contributed by atoms with Crippen LogP contribution in [-0.2, 0) is 23.4 Å². The quantitative estimate of drug-likeness (QED) is 0.102. The molecule has 2 fully saturated rings. The molecule has 5 N–H and O–H groups in total. The van der Waals surface area contributed by atoms with Crippen LogP contribution in [0.1, 0.15) is 26.0 Å². The number of hydrogen-bond donors (Lipinski definition) is 4.